The summed E-state index contributed by atoms with van der Waals surface area (Å²) >= 11 is 1.89. The van der Waals surface area contributed by atoms with Gasteiger partial charge in [-0.25, -0.2) is 0 Å². The molecule has 0 N–H and O–H groups in total. The van der Waals surface area contributed by atoms with Crippen LogP contribution in [-0.2, 0) is 5.41 Å². The molecule has 2 heteroatoms. The van der Waals surface area contributed by atoms with Crippen LogP contribution in [0.3, 0.4) is 0 Å². The molecule has 0 amide bonds. The number of hydrogen-bond donors (Lipinski definition) is 0. The van der Waals surface area contributed by atoms with E-state index in [1.54, 1.807) is 0 Å². The third-order valence-corrected chi connectivity index (χ3v) is 10.5. The molecule has 7 aromatic rings. The Bertz CT molecular complexity index is 2270. The van der Waals surface area contributed by atoms with E-state index in [1.807, 2.05) is 11.3 Å². The van der Waals surface area contributed by atoms with Gasteiger partial charge in [0.25, 0.3) is 0 Å². The highest BCUT2D eigenvalue weighted by molar-refractivity contribution is 7.26. The highest BCUT2D eigenvalue weighted by atomic mass is 32.1. The fourth-order valence-electron chi connectivity index (χ4n) is 7.54. The minimum Gasteiger partial charge on any atom is -0.309 e. The van der Waals surface area contributed by atoms with E-state index in [9.17, 15) is 0 Å². The average molecular weight is 560 g/mol. The van der Waals surface area contributed by atoms with Gasteiger partial charge in [-0.1, -0.05) is 106 Å². The number of nitrogens with zero attached hydrogens (tertiary/aromatic N) is 1. The lowest BCUT2D eigenvalue weighted by atomic mass is 9.79. The van der Waals surface area contributed by atoms with Crippen LogP contribution >= 0.6 is 11.3 Å². The number of thiophene rings is 1. The molecule has 1 aliphatic rings. The zero-order chi connectivity index (χ0) is 28.6. The number of para-hydroxylation sites is 1. The zero-order valence-corrected chi connectivity index (χ0v) is 25.3. The summed E-state index contributed by atoms with van der Waals surface area (Å²) in [5, 5.41) is 5.39. The molecule has 0 radical (unpaired) electrons. The molecule has 0 spiro atoms. The maximum Gasteiger partial charge on any atom is 0.0544 e. The summed E-state index contributed by atoms with van der Waals surface area (Å²) in [6, 6.07) is 38.3. The minimum atomic E-state index is -0.0691. The minimum absolute atomic E-state index is 0.0691. The third-order valence-electron chi connectivity index (χ3n) is 9.29. The highest BCUT2D eigenvalue weighted by Crippen LogP contribution is 2.52. The molecule has 0 bridgehead atoms. The monoisotopic (exact) mass is 559 g/mol. The van der Waals surface area contributed by atoms with Crippen molar-refractivity contribution in [3.8, 4) is 16.8 Å². The quantitative estimate of drug-likeness (QED) is 0.202. The van der Waals surface area contributed by atoms with Crippen LogP contribution < -0.4 is 0 Å². The van der Waals surface area contributed by atoms with Gasteiger partial charge in [-0.05, 0) is 77.1 Å². The van der Waals surface area contributed by atoms with Crippen LogP contribution in [0.15, 0.2) is 121 Å². The van der Waals surface area contributed by atoms with Gasteiger partial charge in [-0.15, -0.1) is 11.3 Å². The fourth-order valence-corrected chi connectivity index (χ4v) is 8.78. The van der Waals surface area contributed by atoms with Crippen LogP contribution in [0, 0.1) is 0 Å². The number of hydrogen-bond acceptors (Lipinski definition) is 1. The van der Waals surface area contributed by atoms with E-state index in [1.165, 1.54) is 81.1 Å². The second kappa shape index (κ2) is 9.31. The molecule has 2 aromatic heterocycles. The van der Waals surface area contributed by atoms with Gasteiger partial charge < -0.3 is 4.57 Å². The normalized spacial score (nSPS) is 14.8. The van der Waals surface area contributed by atoms with E-state index >= 15 is 0 Å². The van der Waals surface area contributed by atoms with Crippen LogP contribution in [-0.4, -0.2) is 4.57 Å². The number of benzene rings is 5. The van der Waals surface area contributed by atoms with E-state index in [-0.39, 0.29) is 5.41 Å². The maximum atomic E-state index is 2.48. The van der Waals surface area contributed by atoms with Gasteiger partial charge in [-0.2, -0.15) is 0 Å². The topological polar surface area (TPSA) is 4.93 Å². The fraction of sp³-hybridized carbons (Fsp3) is 0.150. The van der Waals surface area contributed by atoms with Gasteiger partial charge >= 0.3 is 0 Å². The molecule has 0 aliphatic heterocycles. The predicted octanol–water partition coefficient (Wildman–Crippen LogP) is 11.8. The molecule has 0 saturated carbocycles. The number of aromatic nitrogens is 1. The van der Waals surface area contributed by atoms with Crippen LogP contribution in [0.4, 0.5) is 0 Å². The van der Waals surface area contributed by atoms with Crippen molar-refractivity contribution in [3.63, 3.8) is 0 Å². The summed E-state index contributed by atoms with van der Waals surface area (Å²) in [5.41, 5.74) is 12.0. The van der Waals surface area contributed by atoms with Crippen LogP contribution in [0.1, 0.15) is 45.2 Å². The molecule has 1 aliphatic carbocycles. The van der Waals surface area contributed by atoms with Crippen molar-refractivity contribution in [1.29, 1.82) is 0 Å². The van der Waals surface area contributed by atoms with Gasteiger partial charge in [0.2, 0.25) is 0 Å². The Hall–Kier alpha value is -4.40. The molecular weight excluding hydrogens is 527 g/mol. The summed E-state index contributed by atoms with van der Waals surface area (Å²) in [7, 11) is 0. The maximum absolute atomic E-state index is 2.48. The standard InChI is InChI=1S/C40H33NS/c1-5-13-33-27(6-2)30-22-23-35-37(38(30)40(33,3)4)32-17-7-9-20-34(32)41(35)26-15-11-14-25(24-26)28-18-12-19-31-29-16-8-10-21-36(29)42-39(28)31/h5,7-24H,6H2,1-4H3/b13-5-. The second-order valence-corrected chi connectivity index (χ2v) is 13.0. The molecule has 2 heterocycles. The number of fused-ring (bicyclic) bond motifs is 8. The SMILES string of the molecule is C/C=C\C1=C(CC)c2ccc3c(c2C1(C)C)c1ccccc1n3-c1cccc(-c2cccc3c2sc2ccccc23)c1. The van der Waals surface area contributed by atoms with Crippen LogP contribution in [0.25, 0.3) is 64.4 Å². The Kier molecular flexibility index (Phi) is 5.61. The van der Waals surface area contributed by atoms with E-state index in [0.29, 0.717) is 0 Å². The highest BCUT2D eigenvalue weighted by Gasteiger charge is 2.38. The molecule has 204 valence electrons. The van der Waals surface area contributed by atoms with Crippen LogP contribution in [0.2, 0.25) is 0 Å². The first-order valence-electron chi connectivity index (χ1n) is 15.0. The van der Waals surface area contributed by atoms with Gasteiger partial charge in [0.1, 0.15) is 0 Å². The summed E-state index contributed by atoms with van der Waals surface area (Å²) in [5.74, 6) is 0. The Labute approximate surface area is 251 Å². The molecule has 0 atom stereocenters. The van der Waals surface area contributed by atoms with E-state index in [2.05, 4.69) is 148 Å². The molecule has 5 aromatic carbocycles. The molecule has 0 saturated heterocycles. The molecule has 42 heavy (non-hydrogen) atoms. The third kappa shape index (κ3) is 3.42. The summed E-state index contributed by atoms with van der Waals surface area (Å²) in [6.45, 7) is 9.23. The second-order valence-electron chi connectivity index (χ2n) is 11.9. The summed E-state index contributed by atoms with van der Waals surface area (Å²) in [4.78, 5) is 0. The average Bonchev–Trinajstić information content (AvgIpc) is 3.63. The smallest absolute Gasteiger partial charge is 0.0544 e. The van der Waals surface area contributed by atoms with E-state index in [4.69, 9.17) is 0 Å². The van der Waals surface area contributed by atoms with E-state index in [0.717, 1.165) is 6.42 Å². The largest absolute Gasteiger partial charge is 0.309 e. The van der Waals surface area contributed by atoms with Gasteiger partial charge in [0.05, 0.1) is 11.0 Å². The molecule has 1 nitrogen and oxygen atoms in total. The molecule has 0 unspecified atom stereocenters. The van der Waals surface area contributed by atoms with Gasteiger partial charge in [-0.3, -0.25) is 0 Å². The van der Waals surface area contributed by atoms with Gasteiger partial charge in [0.15, 0.2) is 0 Å². The zero-order valence-electron chi connectivity index (χ0n) is 24.5. The van der Waals surface area contributed by atoms with Crippen molar-refractivity contribution < 1.29 is 0 Å². The predicted molar refractivity (Wildman–Crippen MR) is 184 cm³/mol. The molecule has 0 fully saturated rings. The van der Waals surface area contributed by atoms with Crippen molar-refractivity contribution in [1.82, 2.24) is 4.57 Å². The van der Waals surface area contributed by atoms with Crippen molar-refractivity contribution in [2.24, 2.45) is 0 Å². The Morgan fingerprint density at radius 1 is 0.738 bits per heavy atom. The number of rotatable bonds is 4. The Morgan fingerprint density at radius 2 is 1.50 bits per heavy atom. The Balaban J connectivity index is 1.39. The first-order valence-corrected chi connectivity index (χ1v) is 15.8. The van der Waals surface area contributed by atoms with Crippen molar-refractivity contribution in [2.45, 2.75) is 39.5 Å². The van der Waals surface area contributed by atoms with E-state index < -0.39 is 0 Å². The first-order chi connectivity index (χ1) is 20.5. The Morgan fingerprint density at radius 3 is 2.33 bits per heavy atom. The first kappa shape index (κ1) is 25.3. The van der Waals surface area contributed by atoms with Crippen LogP contribution in [0.5, 0.6) is 0 Å². The molecule has 8 rings (SSSR count). The van der Waals surface area contributed by atoms with Crippen molar-refractivity contribution in [2.75, 3.05) is 0 Å². The number of allylic oxidation sites excluding steroid dienone is 4. The lowest BCUT2D eigenvalue weighted by Crippen LogP contribution is -2.16. The molecular formula is C40H33NS. The lowest BCUT2D eigenvalue weighted by molar-refractivity contribution is 0.659. The van der Waals surface area contributed by atoms with Crippen molar-refractivity contribution in [3.05, 3.63) is 132 Å². The summed E-state index contributed by atoms with van der Waals surface area (Å²) < 4.78 is 5.18. The lowest BCUT2D eigenvalue weighted by Gasteiger charge is -2.24. The van der Waals surface area contributed by atoms with Gasteiger partial charge in [0, 0.05) is 42.0 Å². The van der Waals surface area contributed by atoms with Crippen molar-refractivity contribution >= 4 is 58.9 Å². The summed E-state index contributed by atoms with van der Waals surface area (Å²) in [6.07, 6.45) is 5.56.